The van der Waals surface area contributed by atoms with E-state index in [1.165, 1.54) is 21.9 Å². The molecule has 0 bridgehead atoms. The maximum atomic E-state index is 9.78. The zero-order chi connectivity index (χ0) is 26.0. The molecule has 194 valence electrons. The summed E-state index contributed by atoms with van der Waals surface area (Å²) in [5.41, 5.74) is 7.11. The van der Waals surface area contributed by atoms with Crippen LogP contribution < -0.4 is 21.3 Å². The molecular formula is C30H43N5O. The van der Waals surface area contributed by atoms with Gasteiger partial charge < -0.3 is 26.5 Å². The van der Waals surface area contributed by atoms with Gasteiger partial charge in [-0.05, 0) is 42.2 Å². The van der Waals surface area contributed by atoms with Gasteiger partial charge in [-0.3, -0.25) is 0 Å². The molecule has 0 saturated heterocycles. The molecule has 0 aliphatic carbocycles. The lowest BCUT2D eigenvalue weighted by molar-refractivity contribution is -0.0988. The van der Waals surface area contributed by atoms with Gasteiger partial charge in [-0.25, -0.2) is 0 Å². The van der Waals surface area contributed by atoms with Gasteiger partial charge in [-0.1, -0.05) is 87.5 Å². The molecule has 1 aliphatic heterocycles. The lowest BCUT2D eigenvalue weighted by atomic mass is 10.1. The minimum absolute atomic E-state index is 0.543. The summed E-state index contributed by atoms with van der Waals surface area (Å²) in [5.74, 6) is 0. The van der Waals surface area contributed by atoms with Gasteiger partial charge in [-0.15, -0.1) is 0 Å². The number of hydrogen-bond donors (Lipinski definition) is 5. The van der Waals surface area contributed by atoms with E-state index in [4.69, 9.17) is 0 Å². The molecular weight excluding hydrogens is 446 g/mol. The van der Waals surface area contributed by atoms with Crippen LogP contribution in [0.3, 0.4) is 0 Å². The van der Waals surface area contributed by atoms with E-state index in [0.29, 0.717) is 13.1 Å². The Balaban J connectivity index is 0.000000243. The molecule has 0 unspecified atom stereocenters. The average Bonchev–Trinajstić information content (AvgIpc) is 3.44. The molecule has 4 rings (SSSR count). The maximum Gasteiger partial charge on any atom is 0.0843 e. The number of hydrogen-bond acceptors (Lipinski definition) is 6. The van der Waals surface area contributed by atoms with Gasteiger partial charge in [0.25, 0.3) is 0 Å². The fourth-order valence-corrected chi connectivity index (χ4v) is 3.62. The topological polar surface area (TPSA) is 71.6 Å². The predicted octanol–water partition coefficient (Wildman–Crippen LogP) is 6.32. The number of nitrogens with zero attached hydrogens (tertiary/aromatic N) is 1. The Morgan fingerprint density at radius 3 is 2.14 bits per heavy atom. The van der Waals surface area contributed by atoms with Crippen LogP contribution in [0.4, 0.5) is 11.4 Å². The molecule has 3 aromatic carbocycles. The summed E-state index contributed by atoms with van der Waals surface area (Å²) in [6.07, 6.45) is 2.92. The van der Waals surface area contributed by atoms with E-state index in [2.05, 4.69) is 83.6 Å². The van der Waals surface area contributed by atoms with Gasteiger partial charge in [0.15, 0.2) is 0 Å². The van der Waals surface area contributed by atoms with Crippen LogP contribution in [-0.2, 0) is 13.1 Å². The smallest absolute Gasteiger partial charge is 0.0843 e. The molecule has 0 saturated carbocycles. The Kier molecular flexibility index (Phi) is 13.6. The second-order valence-electron chi connectivity index (χ2n) is 8.28. The first-order chi connectivity index (χ1) is 17.7. The Morgan fingerprint density at radius 1 is 0.833 bits per heavy atom. The Hall–Kier alpha value is -3.48. The van der Waals surface area contributed by atoms with Crippen molar-refractivity contribution in [2.45, 2.75) is 47.2 Å². The molecule has 5 N–H and O–H groups in total. The van der Waals surface area contributed by atoms with Crippen LogP contribution in [0.25, 0.3) is 0 Å². The highest BCUT2D eigenvalue weighted by atomic mass is 16.5. The van der Waals surface area contributed by atoms with Gasteiger partial charge in [0, 0.05) is 36.4 Å². The summed E-state index contributed by atoms with van der Waals surface area (Å²) in [7, 11) is 0. The van der Waals surface area contributed by atoms with Crippen LogP contribution in [-0.4, -0.2) is 30.0 Å². The molecule has 0 amide bonds. The highest BCUT2D eigenvalue weighted by Gasteiger charge is 2.07. The van der Waals surface area contributed by atoms with Crippen molar-refractivity contribution in [2.24, 2.45) is 0 Å². The molecule has 1 heterocycles. The third-order valence-electron chi connectivity index (χ3n) is 5.49. The van der Waals surface area contributed by atoms with E-state index in [0.717, 1.165) is 43.1 Å². The first-order valence-electron chi connectivity index (χ1n) is 12.9. The molecule has 36 heavy (non-hydrogen) atoms. The number of anilines is 2. The maximum absolute atomic E-state index is 9.78. The van der Waals surface area contributed by atoms with Gasteiger partial charge >= 0.3 is 0 Å². The normalized spacial score (nSPS) is 11.7. The van der Waals surface area contributed by atoms with Crippen LogP contribution in [0.15, 0.2) is 90.8 Å². The summed E-state index contributed by atoms with van der Waals surface area (Å²) in [5, 5.41) is 24.3. The Morgan fingerprint density at radius 2 is 1.47 bits per heavy atom. The third-order valence-corrected chi connectivity index (χ3v) is 5.49. The van der Waals surface area contributed by atoms with Crippen molar-refractivity contribution in [3.05, 3.63) is 107 Å². The molecule has 3 aromatic rings. The van der Waals surface area contributed by atoms with E-state index in [1.807, 2.05) is 50.4 Å². The predicted molar refractivity (Wildman–Crippen MR) is 153 cm³/mol. The van der Waals surface area contributed by atoms with E-state index >= 15 is 0 Å². The second kappa shape index (κ2) is 17.0. The largest absolute Gasteiger partial charge is 0.381 e. The molecule has 0 fully saturated rings. The molecule has 6 heteroatoms. The van der Waals surface area contributed by atoms with Crippen LogP contribution in [0.2, 0.25) is 0 Å². The minimum Gasteiger partial charge on any atom is -0.381 e. The molecule has 0 atom stereocenters. The summed E-state index contributed by atoms with van der Waals surface area (Å²) >= 11 is 0. The zero-order valence-electron chi connectivity index (χ0n) is 22.2. The number of aryl methyl sites for hydroxylation is 1. The van der Waals surface area contributed by atoms with Crippen LogP contribution in [0.1, 0.15) is 43.9 Å². The zero-order valence-corrected chi connectivity index (χ0v) is 22.2. The molecule has 1 aliphatic rings. The number of rotatable bonds is 10. The first-order valence-corrected chi connectivity index (χ1v) is 12.9. The number of hydroxylamine groups is 2. The van der Waals surface area contributed by atoms with E-state index in [1.54, 1.807) is 0 Å². The monoisotopic (exact) mass is 489 g/mol. The molecule has 6 nitrogen and oxygen atoms in total. The van der Waals surface area contributed by atoms with Gasteiger partial charge in [0.1, 0.15) is 0 Å². The SMILES string of the molecule is CC.CCCN(O)Cc1ccccc1NCC1=CNCN1.Cc1ccccc1NCc1ccccc1. The second-order valence-corrected chi connectivity index (χ2v) is 8.28. The van der Waals surface area contributed by atoms with Crippen molar-refractivity contribution in [1.82, 2.24) is 15.7 Å². The quantitative estimate of drug-likeness (QED) is 0.215. The highest BCUT2D eigenvalue weighted by Crippen LogP contribution is 2.17. The van der Waals surface area contributed by atoms with Crippen molar-refractivity contribution in [1.29, 1.82) is 0 Å². The lowest BCUT2D eigenvalue weighted by Crippen LogP contribution is -2.21. The van der Waals surface area contributed by atoms with Crippen molar-refractivity contribution < 1.29 is 5.21 Å². The van der Waals surface area contributed by atoms with Crippen molar-refractivity contribution in [3.63, 3.8) is 0 Å². The summed E-state index contributed by atoms with van der Waals surface area (Å²) in [4.78, 5) is 0. The van der Waals surface area contributed by atoms with Gasteiger partial charge in [-0.2, -0.15) is 5.06 Å². The lowest BCUT2D eigenvalue weighted by Gasteiger charge is -2.17. The van der Waals surface area contributed by atoms with Crippen molar-refractivity contribution >= 4 is 11.4 Å². The molecule has 0 spiro atoms. The van der Waals surface area contributed by atoms with E-state index in [-0.39, 0.29) is 0 Å². The minimum atomic E-state index is 0.543. The average molecular weight is 490 g/mol. The molecule has 0 radical (unpaired) electrons. The van der Waals surface area contributed by atoms with Gasteiger partial charge in [0.2, 0.25) is 0 Å². The summed E-state index contributed by atoms with van der Waals surface area (Å²) < 4.78 is 0. The number of benzene rings is 3. The van der Waals surface area contributed by atoms with E-state index in [9.17, 15) is 5.21 Å². The van der Waals surface area contributed by atoms with E-state index < -0.39 is 0 Å². The summed E-state index contributed by atoms with van der Waals surface area (Å²) in [6, 6.07) is 26.8. The van der Waals surface area contributed by atoms with Crippen LogP contribution in [0, 0.1) is 6.92 Å². The Bertz CT molecular complexity index is 1020. The first kappa shape index (κ1) is 28.8. The standard InChI is InChI=1S/C14H22N4O.C14H15N.C2H6/c1-2-7-18(19)10-12-5-3-4-6-14(12)16-9-13-8-15-11-17-13;1-12-7-5-6-10-14(12)15-11-13-8-3-2-4-9-13;1-2/h3-6,8,15-17,19H,2,7,9-11H2,1H3;2-10,15H,11H2,1H3;1-2H3. The fourth-order valence-electron chi connectivity index (χ4n) is 3.62. The van der Waals surface area contributed by atoms with Gasteiger partial charge in [0.05, 0.1) is 19.8 Å². The third kappa shape index (κ3) is 10.4. The Labute approximate surface area is 217 Å². The van der Waals surface area contributed by atoms with Crippen LogP contribution in [0.5, 0.6) is 0 Å². The summed E-state index contributed by atoms with van der Waals surface area (Å²) in [6.45, 7) is 11.8. The highest BCUT2D eigenvalue weighted by molar-refractivity contribution is 5.52. The molecule has 0 aromatic heterocycles. The van der Waals surface area contributed by atoms with Crippen LogP contribution >= 0.6 is 0 Å². The van der Waals surface area contributed by atoms with Crippen molar-refractivity contribution in [3.8, 4) is 0 Å². The van der Waals surface area contributed by atoms with Crippen molar-refractivity contribution in [2.75, 3.05) is 30.4 Å². The fraction of sp³-hybridized carbons (Fsp3) is 0.333. The number of nitrogens with one attached hydrogen (secondary N) is 4. The number of para-hydroxylation sites is 2.